The zero-order valence-corrected chi connectivity index (χ0v) is 8.79. The Morgan fingerprint density at radius 3 is 2.85 bits per heavy atom. The fourth-order valence-corrected chi connectivity index (χ4v) is 6.26. The summed E-state index contributed by atoms with van der Waals surface area (Å²) >= 11 is 0. The van der Waals surface area contributed by atoms with E-state index >= 15 is 0 Å². The monoisotopic (exact) mass is 174 g/mol. The smallest absolute Gasteiger partial charge is 0.0856 e. The van der Waals surface area contributed by atoms with Crippen molar-refractivity contribution in [2.24, 2.45) is 29.6 Å². The van der Waals surface area contributed by atoms with E-state index in [0.29, 0.717) is 0 Å². The minimum Gasteiger partial charge on any atom is -0.0856 e. The van der Waals surface area contributed by atoms with E-state index in [9.17, 15) is 0 Å². The van der Waals surface area contributed by atoms with Gasteiger partial charge in [0.1, 0.15) is 6.71 Å². The third-order valence-corrected chi connectivity index (χ3v) is 6.65. The van der Waals surface area contributed by atoms with E-state index in [4.69, 9.17) is 0 Å². The fourth-order valence-electron chi connectivity index (χ4n) is 6.26. The summed E-state index contributed by atoms with van der Waals surface area (Å²) in [6, 6.07) is 0. The van der Waals surface area contributed by atoms with Gasteiger partial charge < -0.3 is 0 Å². The zero-order chi connectivity index (χ0) is 8.79. The summed E-state index contributed by atoms with van der Waals surface area (Å²) in [4.78, 5) is 0. The van der Waals surface area contributed by atoms with Gasteiger partial charge in [-0.05, 0) is 34.9 Å². The summed E-state index contributed by atoms with van der Waals surface area (Å²) in [5, 5.41) is 0.881. The molecule has 1 heterocycles. The molecule has 3 aliphatic carbocycles. The summed E-state index contributed by atoms with van der Waals surface area (Å²) in [7, 11) is 0. The van der Waals surface area contributed by atoms with Crippen molar-refractivity contribution in [3.63, 3.8) is 0 Å². The van der Waals surface area contributed by atoms with Crippen molar-refractivity contribution in [1.29, 1.82) is 0 Å². The van der Waals surface area contributed by atoms with Crippen molar-refractivity contribution in [3.8, 4) is 0 Å². The van der Waals surface area contributed by atoms with Gasteiger partial charge >= 0.3 is 0 Å². The van der Waals surface area contributed by atoms with Crippen molar-refractivity contribution in [2.75, 3.05) is 0 Å². The van der Waals surface area contributed by atoms with Gasteiger partial charge in [-0.25, -0.2) is 0 Å². The molecule has 0 aromatic carbocycles. The lowest BCUT2D eigenvalue weighted by Gasteiger charge is -2.37. The molecular formula is C12H19B. The molecule has 1 heteroatoms. The highest BCUT2D eigenvalue weighted by molar-refractivity contribution is 6.62. The average Bonchev–Trinajstić information content (AvgIpc) is 2.75. The molecular weight excluding hydrogens is 155 g/mol. The predicted octanol–water partition coefficient (Wildman–Crippen LogP) is 3.18. The number of hydrogen-bond donors (Lipinski definition) is 0. The highest BCUT2D eigenvalue weighted by Gasteiger charge is 2.72. The van der Waals surface area contributed by atoms with E-state index in [1.807, 2.05) is 0 Å². The van der Waals surface area contributed by atoms with Crippen LogP contribution in [0.5, 0.6) is 0 Å². The minimum atomic E-state index is 0.881. The van der Waals surface area contributed by atoms with Crippen LogP contribution in [-0.2, 0) is 0 Å². The third-order valence-electron chi connectivity index (χ3n) is 6.65. The van der Waals surface area contributed by atoms with Crippen LogP contribution < -0.4 is 0 Å². The van der Waals surface area contributed by atoms with Crippen LogP contribution in [0.2, 0.25) is 18.5 Å². The molecule has 1 saturated heterocycles. The second-order valence-electron chi connectivity index (χ2n) is 6.49. The van der Waals surface area contributed by atoms with Crippen LogP contribution in [0, 0.1) is 29.6 Å². The summed E-state index contributed by atoms with van der Waals surface area (Å²) in [6.07, 6.45) is 6.41. The van der Waals surface area contributed by atoms with Crippen LogP contribution in [-0.4, -0.2) is 6.71 Å². The van der Waals surface area contributed by atoms with Crippen molar-refractivity contribution in [2.45, 2.75) is 44.6 Å². The molecule has 70 valence electrons. The number of rotatable bonds is 0. The molecule has 0 amide bonds. The molecule has 6 atom stereocenters. The van der Waals surface area contributed by atoms with Gasteiger partial charge in [-0.3, -0.25) is 0 Å². The molecule has 4 fully saturated rings. The van der Waals surface area contributed by atoms with E-state index in [1.54, 1.807) is 25.6 Å². The van der Waals surface area contributed by atoms with Gasteiger partial charge in [-0.15, -0.1) is 0 Å². The zero-order valence-electron chi connectivity index (χ0n) is 8.79. The van der Waals surface area contributed by atoms with E-state index in [1.165, 1.54) is 11.8 Å². The fraction of sp³-hybridized carbons (Fsp3) is 1.00. The van der Waals surface area contributed by atoms with Gasteiger partial charge in [0.25, 0.3) is 0 Å². The van der Waals surface area contributed by atoms with Gasteiger partial charge in [0.15, 0.2) is 0 Å². The summed E-state index contributed by atoms with van der Waals surface area (Å²) < 4.78 is 0. The minimum absolute atomic E-state index is 0.881. The van der Waals surface area contributed by atoms with Crippen LogP contribution in [0.4, 0.5) is 0 Å². The third kappa shape index (κ3) is 0.552. The highest BCUT2D eigenvalue weighted by atomic mass is 14.7. The SMILES string of the molecule is CB1CC2C(C)C3CC14CCC3C24. The maximum Gasteiger partial charge on any atom is 0.144 e. The van der Waals surface area contributed by atoms with E-state index in [-0.39, 0.29) is 0 Å². The molecule has 0 radical (unpaired) electrons. The molecule has 0 spiro atoms. The Kier molecular flexibility index (Phi) is 1.06. The largest absolute Gasteiger partial charge is 0.144 e. The second-order valence-corrected chi connectivity index (χ2v) is 6.49. The van der Waals surface area contributed by atoms with Crippen LogP contribution in [0.25, 0.3) is 0 Å². The van der Waals surface area contributed by atoms with Crippen molar-refractivity contribution in [1.82, 2.24) is 0 Å². The van der Waals surface area contributed by atoms with E-state index < -0.39 is 0 Å². The van der Waals surface area contributed by atoms with Crippen molar-refractivity contribution in [3.05, 3.63) is 0 Å². The van der Waals surface area contributed by atoms with Crippen LogP contribution in [0.15, 0.2) is 0 Å². The lowest BCUT2D eigenvalue weighted by molar-refractivity contribution is 0.215. The summed E-state index contributed by atoms with van der Waals surface area (Å²) in [5.74, 6) is 5.79. The van der Waals surface area contributed by atoms with E-state index in [2.05, 4.69) is 13.7 Å². The Balaban J connectivity index is 1.91. The first kappa shape index (κ1) is 7.37. The van der Waals surface area contributed by atoms with Crippen LogP contribution >= 0.6 is 0 Å². The molecule has 3 saturated carbocycles. The standard InChI is InChI=1S/C12H19B/c1-7-9-5-12-4-3-8(9)11(12)10(7)6-13(12)2/h7-11H,3-6H2,1-2H3. The molecule has 0 N–H and O–H groups in total. The van der Waals surface area contributed by atoms with Gasteiger partial charge in [0, 0.05) is 0 Å². The Hall–Kier alpha value is 0.0649. The van der Waals surface area contributed by atoms with Gasteiger partial charge in [0.05, 0.1) is 0 Å². The second kappa shape index (κ2) is 1.88. The van der Waals surface area contributed by atoms with Gasteiger partial charge in [-0.1, -0.05) is 39.3 Å². The first-order valence-corrected chi connectivity index (χ1v) is 6.24. The highest BCUT2D eigenvalue weighted by Crippen LogP contribution is 2.80. The molecule has 6 unspecified atom stereocenters. The van der Waals surface area contributed by atoms with Crippen molar-refractivity contribution < 1.29 is 0 Å². The molecule has 4 bridgehead atoms. The Morgan fingerprint density at radius 2 is 2.08 bits per heavy atom. The lowest BCUT2D eigenvalue weighted by atomic mass is 9.35. The Bertz CT molecular complexity index is 274. The lowest BCUT2D eigenvalue weighted by Crippen LogP contribution is -2.28. The van der Waals surface area contributed by atoms with E-state index in [0.717, 1.165) is 29.8 Å². The normalized spacial score (nSPS) is 66.9. The summed E-state index contributed by atoms with van der Waals surface area (Å²) in [6.45, 7) is 6.17. The quantitative estimate of drug-likeness (QED) is 0.495. The Labute approximate surface area is 81.6 Å². The average molecular weight is 174 g/mol. The maximum atomic E-state index is 2.55. The van der Waals surface area contributed by atoms with Crippen LogP contribution in [0.3, 0.4) is 0 Å². The first-order chi connectivity index (χ1) is 6.24. The maximum absolute atomic E-state index is 2.55. The topological polar surface area (TPSA) is 0 Å². The number of hydrogen-bond acceptors (Lipinski definition) is 0. The molecule has 0 nitrogen and oxygen atoms in total. The molecule has 0 aromatic heterocycles. The van der Waals surface area contributed by atoms with Gasteiger partial charge in [0.2, 0.25) is 0 Å². The first-order valence-electron chi connectivity index (χ1n) is 6.24. The molecule has 1 aliphatic heterocycles. The van der Waals surface area contributed by atoms with Gasteiger partial charge in [-0.2, -0.15) is 0 Å². The predicted molar refractivity (Wildman–Crippen MR) is 56.1 cm³/mol. The van der Waals surface area contributed by atoms with Crippen LogP contribution in [0.1, 0.15) is 26.2 Å². The molecule has 0 aromatic rings. The molecule has 4 aliphatic rings. The summed E-state index contributed by atoms with van der Waals surface area (Å²) in [5.41, 5.74) is 0. The van der Waals surface area contributed by atoms with Crippen molar-refractivity contribution >= 4 is 6.71 Å². The molecule has 13 heavy (non-hydrogen) atoms. The molecule has 4 rings (SSSR count). The Morgan fingerprint density at radius 1 is 1.23 bits per heavy atom.